The quantitative estimate of drug-likeness (QED) is 0.771. The molecule has 2 N–H and O–H groups in total. The largest absolute Gasteiger partial charge is 0.416 e. The first kappa shape index (κ1) is 20.0. The van der Waals surface area contributed by atoms with Crippen LogP contribution in [0.5, 0.6) is 0 Å². The Hall–Kier alpha value is -1.70. The monoisotopic (exact) mass is 400 g/mol. The number of fused-ring (bicyclic) bond motifs is 1. The lowest BCUT2D eigenvalue weighted by Gasteiger charge is -2.26. The summed E-state index contributed by atoms with van der Waals surface area (Å²) in [4.78, 5) is 25.2. The van der Waals surface area contributed by atoms with Crippen LogP contribution in [-0.4, -0.2) is 23.1 Å². The molecule has 2 aliphatic rings. The minimum Gasteiger partial charge on any atom is -0.353 e. The molecule has 0 aromatic heterocycles. The molecule has 1 aliphatic carbocycles. The highest BCUT2D eigenvalue weighted by atomic mass is 32.2. The predicted octanol–water partition coefficient (Wildman–Crippen LogP) is 4.74. The normalized spacial score (nSPS) is 21.6. The van der Waals surface area contributed by atoms with Gasteiger partial charge in [0.25, 0.3) is 0 Å². The molecule has 1 unspecified atom stereocenters. The van der Waals surface area contributed by atoms with Crippen LogP contribution in [0.2, 0.25) is 0 Å². The maximum Gasteiger partial charge on any atom is 0.416 e. The Morgan fingerprint density at radius 1 is 1.15 bits per heavy atom. The first-order chi connectivity index (χ1) is 12.8. The van der Waals surface area contributed by atoms with E-state index in [4.69, 9.17) is 0 Å². The Bertz CT molecular complexity index is 701. The molecule has 2 amide bonds. The van der Waals surface area contributed by atoms with Gasteiger partial charge in [0.15, 0.2) is 0 Å². The van der Waals surface area contributed by atoms with Crippen LogP contribution >= 0.6 is 11.8 Å². The minimum atomic E-state index is -4.46. The minimum absolute atomic E-state index is 0.0213. The van der Waals surface area contributed by atoms with Crippen LogP contribution in [0.1, 0.15) is 56.9 Å². The number of benzene rings is 1. The fraction of sp³-hybridized carbons (Fsp3) is 0.579. The van der Waals surface area contributed by atoms with Crippen LogP contribution < -0.4 is 10.6 Å². The molecule has 1 heterocycles. The van der Waals surface area contributed by atoms with Crippen molar-refractivity contribution in [1.82, 2.24) is 5.32 Å². The molecule has 27 heavy (non-hydrogen) atoms. The van der Waals surface area contributed by atoms with Crippen LogP contribution in [0.4, 0.5) is 18.9 Å². The summed E-state index contributed by atoms with van der Waals surface area (Å²) in [7, 11) is 0. The molecule has 1 aromatic rings. The van der Waals surface area contributed by atoms with Crippen molar-refractivity contribution >= 4 is 29.3 Å². The third-order valence-electron chi connectivity index (χ3n) is 4.97. The smallest absolute Gasteiger partial charge is 0.353 e. The Kier molecular flexibility index (Phi) is 6.34. The van der Waals surface area contributed by atoms with Gasteiger partial charge in [-0.1, -0.05) is 32.1 Å². The molecule has 4 nitrogen and oxygen atoms in total. The standard InChI is InChI=1S/C19H23F3N2O2S/c20-19(21,22)12-8-9-15-14(10-12)24-18(26)16(27-15)11-17(25)23-13-6-4-2-1-3-5-7-13/h8-10,13,16H,1-7,11H2,(H,23,25)(H,24,26). The number of amides is 2. The van der Waals surface area contributed by atoms with Crippen LogP contribution in [-0.2, 0) is 15.8 Å². The van der Waals surface area contributed by atoms with E-state index in [1.165, 1.54) is 25.3 Å². The van der Waals surface area contributed by atoms with Gasteiger partial charge in [0, 0.05) is 17.4 Å². The molecule has 3 rings (SSSR count). The summed E-state index contributed by atoms with van der Waals surface area (Å²) in [6.45, 7) is 0. The van der Waals surface area contributed by atoms with E-state index in [9.17, 15) is 22.8 Å². The number of anilines is 1. The van der Waals surface area contributed by atoms with Gasteiger partial charge in [0.05, 0.1) is 16.5 Å². The second-order valence-electron chi connectivity index (χ2n) is 7.12. The van der Waals surface area contributed by atoms with E-state index in [1.54, 1.807) is 0 Å². The average Bonchev–Trinajstić information content (AvgIpc) is 2.56. The van der Waals surface area contributed by atoms with Crippen molar-refractivity contribution in [3.8, 4) is 0 Å². The van der Waals surface area contributed by atoms with E-state index in [1.807, 2.05) is 0 Å². The topological polar surface area (TPSA) is 58.2 Å². The Balaban J connectivity index is 1.60. The third-order valence-corrected chi connectivity index (χ3v) is 6.24. The summed E-state index contributed by atoms with van der Waals surface area (Å²) in [5.74, 6) is -0.608. The van der Waals surface area contributed by atoms with Crippen LogP contribution in [0.15, 0.2) is 23.1 Å². The Morgan fingerprint density at radius 3 is 2.48 bits per heavy atom. The van der Waals surface area contributed by atoms with Crippen molar-refractivity contribution in [3.05, 3.63) is 23.8 Å². The third kappa shape index (κ3) is 5.40. The van der Waals surface area contributed by atoms with Gasteiger partial charge in [0.2, 0.25) is 11.8 Å². The second-order valence-corrected chi connectivity index (χ2v) is 8.36. The van der Waals surface area contributed by atoms with Crippen LogP contribution in [0.3, 0.4) is 0 Å². The van der Waals surface area contributed by atoms with Gasteiger partial charge in [-0.3, -0.25) is 9.59 Å². The number of carbonyl (C=O) groups is 2. The maximum absolute atomic E-state index is 12.8. The number of hydrogen-bond donors (Lipinski definition) is 2. The Morgan fingerprint density at radius 2 is 1.81 bits per heavy atom. The molecule has 148 valence electrons. The lowest BCUT2D eigenvalue weighted by molar-refractivity contribution is -0.137. The van der Waals surface area contributed by atoms with Crippen molar-refractivity contribution in [3.63, 3.8) is 0 Å². The zero-order valence-corrected chi connectivity index (χ0v) is 15.7. The zero-order chi connectivity index (χ0) is 19.4. The summed E-state index contributed by atoms with van der Waals surface area (Å²) >= 11 is 1.14. The van der Waals surface area contributed by atoms with Gasteiger partial charge in [0.1, 0.15) is 0 Å². The van der Waals surface area contributed by atoms with Crippen molar-refractivity contribution in [2.45, 2.75) is 73.7 Å². The summed E-state index contributed by atoms with van der Waals surface area (Å²) < 4.78 is 38.4. The molecule has 1 fully saturated rings. The predicted molar refractivity (Wildman–Crippen MR) is 98.6 cm³/mol. The van der Waals surface area contributed by atoms with E-state index in [0.29, 0.717) is 4.90 Å². The summed E-state index contributed by atoms with van der Waals surface area (Å²) in [5, 5.41) is 4.90. The molecule has 0 radical (unpaired) electrons. The molecule has 1 aliphatic heterocycles. The fourth-order valence-corrected chi connectivity index (χ4v) is 4.61. The molecule has 1 saturated carbocycles. The van der Waals surface area contributed by atoms with E-state index < -0.39 is 22.9 Å². The van der Waals surface area contributed by atoms with Gasteiger partial charge in [-0.25, -0.2) is 0 Å². The molecule has 1 aromatic carbocycles. The average molecular weight is 400 g/mol. The maximum atomic E-state index is 12.8. The number of nitrogens with one attached hydrogen (secondary N) is 2. The number of halogens is 3. The first-order valence-corrected chi connectivity index (χ1v) is 10.2. The summed E-state index contributed by atoms with van der Waals surface area (Å²) in [6.07, 6.45) is 3.28. The van der Waals surface area contributed by atoms with Crippen molar-refractivity contribution < 1.29 is 22.8 Å². The van der Waals surface area contributed by atoms with E-state index >= 15 is 0 Å². The second kappa shape index (κ2) is 8.54. The van der Waals surface area contributed by atoms with Gasteiger partial charge in [-0.15, -0.1) is 11.8 Å². The first-order valence-electron chi connectivity index (χ1n) is 9.31. The molecular weight excluding hydrogens is 377 g/mol. The molecular formula is C19H23F3N2O2S. The van der Waals surface area contributed by atoms with Gasteiger partial charge in [-0.05, 0) is 31.0 Å². The SMILES string of the molecule is O=C(CC1Sc2ccc(C(F)(F)F)cc2NC1=O)NC1CCCCCCC1. The lowest BCUT2D eigenvalue weighted by Crippen LogP contribution is -2.39. The highest BCUT2D eigenvalue weighted by molar-refractivity contribution is 8.01. The van der Waals surface area contributed by atoms with Crippen molar-refractivity contribution in [2.24, 2.45) is 0 Å². The lowest BCUT2D eigenvalue weighted by atomic mass is 9.96. The van der Waals surface area contributed by atoms with E-state index in [0.717, 1.165) is 49.6 Å². The number of rotatable bonds is 3. The highest BCUT2D eigenvalue weighted by Gasteiger charge is 2.34. The fourth-order valence-electron chi connectivity index (χ4n) is 3.52. The number of thioether (sulfide) groups is 1. The van der Waals surface area contributed by atoms with Crippen molar-refractivity contribution in [2.75, 3.05) is 5.32 Å². The molecule has 0 saturated heterocycles. The van der Waals surface area contributed by atoms with Crippen molar-refractivity contribution in [1.29, 1.82) is 0 Å². The highest BCUT2D eigenvalue weighted by Crippen LogP contribution is 2.40. The number of hydrogen-bond acceptors (Lipinski definition) is 3. The molecule has 0 spiro atoms. The van der Waals surface area contributed by atoms with Gasteiger partial charge < -0.3 is 10.6 Å². The summed E-state index contributed by atoms with van der Waals surface area (Å²) in [5.41, 5.74) is -0.654. The summed E-state index contributed by atoms with van der Waals surface area (Å²) in [6, 6.07) is 3.43. The molecule has 8 heteroatoms. The van der Waals surface area contributed by atoms with E-state index in [-0.39, 0.29) is 24.1 Å². The van der Waals surface area contributed by atoms with Crippen LogP contribution in [0.25, 0.3) is 0 Å². The molecule has 1 atom stereocenters. The van der Waals surface area contributed by atoms with Crippen LogP contribution in [0, 0.1) is 0 Å². The van der Waals surface area contributed by atoms with Gasteiger partial charge >= 0.3 is 6.18 Å². The number of alkyl halides is 3. The molecule has 0 bridgehead atoms. The van der Waals surface area contributed by atoms with Gasteiger partial charge in [-0.2, -0.15) is 13.2 Å². The number of carbonyl (C=O) groups excluding carboxylic acids is 2. The zero-order valence-electron chi connectivity index (χ0n) is 14.9. The Labute approximate surface area is 160 Å². The van der Waals surface area contributed by atoms with E-state index in [2.05, 4.69) is 10.6 Å².